The number of rotatable bonds is 5. The van der Waals surface area contributed by atoms with Crippen LogP contribution in [0.3, 0.4) is 0 Å². The average Bonchev–Trinajstić information content (AvgIpc) is 1.82. The number of hydrogen-bond donors (Lipinski definition) is 0. The van der Waals surface area contributed by atoms with Crippen molar-refractivity contribution in [1.29, 1.82) is 0 Å². The second-order valence-corrected chi connectivity index (χ2v) is 3.39. The van der Waals surface area contributed by atoms with Crippen LogP contribution in [0.25, 0.3) is 0 Å². The minimum atomic E-state index is -0.306. The van der Waals surface area contributed by atoms with Gasteiger partial charge in [0, 0.05) is 0 Å². The first kappa shape index (κ1) is 9.96. The summed E-state index contributed by atoms with van der Waals surface area (Å²) in [7, 11) is 0. The zero-order valence-corrected chi connectivity index (χ0v) is 7.39. The van der Waals surface area contributed by atoms with E-state index in [2.05, 4.69) is 20.8 Å². The Morgan fingerprint density at radius 1 is 1.30 bits per heavy atom. The molecule has 0 rings (SSSR count). The Bertz CT molecular complexity index is 69.1. The van der Waals surface area contributed by atoms with Gasteiger partial charge in [0.25, 0.3) is 0 Å². The fourth-order valence-electron chi connectivity index (χ4n) is 1.08. The van der Waals surface area contributed by atoms with Crippen molar-refractivity contribution in [3.05, 3.63) is 0 Å². The Morgan fingerprint density at radius 2 is 1.90 bits per heavy atom. The zero-order chi connectivity index (χ0) is 7.98. The molecule has 0 aliphatic carbocycles. The highest BCUT2D eigenvalue weighted by Gasteiger charge is 2.06. The van der Waals surface area contributed by atoms with Gasteiger partial charge in [-0.25, -0.2) is 5.11 Å². The van der Waals surface area contributed by atoms with E-state index in [0.29, 0.717) is 5.92 Å². The second-order valence-electron chi connectivity index (χ2n) is 3.39. The van der Waals surface area contributed by atoms with E-state index in [1.54, 1.807) is 0 Å². The predicted molar refractivity (Wildman–Crippen MR) is 43.5 cm³/mol. The summed E-state index contributed by atoms with van der Waals surface area (Å²) >= 11 is 0. The SMILES string of the molecule is CCCCC([O])CC(C)C. The molecular formula is C9H19O. The first-order chi connectivity index (χ1) is 4.66. The lowest BCUT2D eigenvalue weighted by Gasteiger charge is -2.09. The van der Waals surface area contributed by atoms with Crippen molar-refractivity contribution >= 4 is 0 Å². The maximum Gasteiger partial charge on any atom is 0.0932 e. The van der Waals surface area contributed by atoms with Gasteiger partial charge < -0.3 is 0 Å². The Kier molecular flexibility index (Phi) is 5.70. The first-order valence-corrected chi connectivity index (χ1v) is 4.32. The quantitative estimate of drug-likeness (QED) is 0.563. The van der Waals surface area contributed by atoms with Crippen LogP contribution >= 0.6 is 0 Å². The van der Waals surface area contributed by atoms with Crippen LogP contribution in [0, 0.1) is 5.92 Å². The lowest BCUT2D eigenvalue weighted by Crippen LogP contribution is -2.07. The van der Waals surface area contributed by atoms with Crippen molar-refractivity contribution in [3.8, 4) is 0 Å². The van der Waals surface area contributed by atoms with Crippen LogP contribution in [0.1, 0.15) is 46.5 Å². The Hall–Kier alpha value is -0.0400. The molecule has 0 bridgehead atoms. The van der Waals surface area contributed by atoms with Crippen LogP contribution in [0.4, 0.5) is 0 Å². The smallest absolute Gasteiger partial charge is 0.0932 e. The molecule has 1 atom stereocenters. The normalized spacial score (nSPS) is 14.1. The van der Waals surface area contributed by atoms with Crippen molar-refractivity contribution in [1.82, 2.24) is 0 Å². The number of unbranched alkanes of at least 4 members (excludes halogenated alkanes) is 1. The molecule has 0 aliphatic heterocycles. The van der Waals surface area contributed by atoms with Gasteiger partial charge in [-0.1, -0.05) is 33.6 Å². The molecule has 0 fully saturated rings. The predicted octanol–water partition coefficient (Wildman–Crippen LogP) is 3.02. The molecule has 0 aliphatic rings. The third kappa shape index (κ3) is 6.09. The Balaban J connectivity index is 3.16. The van der Waals surface area contributed by atoms with Gasteiger partial charge >= 0.3 is 0 Å². The van der Waals surface area contributed by atoms with Crippen LogP contribution in [0.2, 0.25) is 0 Å². The van der Waals surface area contributed by atoms with Gasteiger partial charge in [-0.05, 0) is 18.8 Å². The molecule has 0 aromatic rings. The van der Waals surface area contributed by atoms with Gasteiger partial charge in [0.2, 0.25) is 0 Å². The van der Waals surface area contributed by atoms with E-state index in [1.165, 1.54) is 0 Å². The minimum Gasteiger partial charge on any atom is -0.233 e. The van der Waals surface area contributed by atoms with Crippen molar-refractivity contribution < 1.29 is 5.11 Å². The van der Waals surface area contributed by atoms with Crippen molar-refractivity contribution in [2.75, 3.05) is 0 Å². The summed E-state index contributed by atoms with van der Waals surface area (Å²) in [6.45, 7) is 6.34. The Labute approximate surface area is 64.5 Å². The highest BCUT2D eigenvalue weighted by atomic mass is 16.3. The third-order valence-electron chi connectivity index (χ3n) is 1.61. The molecule has 0 saturated heterocycles. The molecule has 61 valence electrons. The summed E-state index contributed by atoms with van der Waals surface area (Å²) in [5.41, 5.74) is 0. The van der Waals surface area contributed by atoms with Crippen LogP contribution in [0.15, 0.2) is 0 Å². The summed E-state index contributed by atoms with van der Waals surface area (Å²) in [6.07, 6.45) is 3.66. The standard InChI is InChI=1S/C9H19O/c1-4-5-6-9(10)7-8(2)3/h8-9H,4-7H2,1-3H3. The second kappa shape index (κ2) is 5.72. The number of hydrogen-bond acceptors (Lipinski definition) is 0. The fourth-order valence-corrected chi connectivity index (χ4v) is 1.08. The molecule has 1 heteroatoms. The highest BCUT2D eigenvalue weighted by molar-refractivity contribution is 4.57. The summed E-state index contributed by atoms with van der Waals surface area (Å²) in [5, 5.41) is 11.1. The molecule has 1 radical (unpaired) electrons. The molecule has 0 amide bonds. The molecule has 0 spiro atoms. The average molecular weight is 143 g/mol. The fraction of sp³-hybridized carbons (Fsp3) is 1.00. The minimum absolute atomic E-state index is 0.306. The summed E-state index contributed by atoms with van der Waals surface area (Å²) in [6, 6.07) is 0. The topological polar surface area (TPSA) is 19.9 Å². The largest absolute Gasteiger partial charge is 0.233 e. The van der Waals surface area contributed by atoms with Crippen LogP contribution in [-0.2, 0) is 5.11 Å². The van der Waals surface area contributed by atoms with E-state index in [-0.39, 0.29) is 6.10 Å². The maximum absolute atomic E-state index is 11.1. The molecule has 0 saturated carbocycles. The van der Waals surface area contributed by atoms with Crippen LogP contribution in [-0.4, -0.2) is 6.10 Å². The lowest BCUT2D eigenvalue weighted by molar-refractivity contribution is 0.0612. The molecule has 0 aromatic carbocycles. The summed E-state index contributed by atoms with van der Waals surface area (Å²) in [5.74, 6) is 0.569. The van der Waals surface area contributed by atoms with Gasteiger partial charge in [0.15, 0.2) is 0 Å². The Morgan fingerprint density at radius 3 is 2.30 bits per heavy atom. The molecular weight excluding hydrogens is 124 g/mol. The highest BCUT2D eigenvalue weighted by Crippen LogP contribution is 2.10. The van der Waals surface area contributed by atoms with Crippen molar-refractivity contribution in [3.63, 3.8) is 0 Å². The van der Waals surface area contributed by atoms with Gasteiger partial charge in [-0.3, -0.25) is 0 Å². The van der Waals surface area contributed by atoms with Gasteiger partial charge in [0.05, 0.1) is 6.10 Å². The monoisotopic (exact) mass is 143 g/mol. The van der Waals surface area contributed by atoms with Crippen LogP contribution in [0.5, 0.6) is 0 Å². The molecule has 1 nitrogen and oxygen atoms in total. The van der Waals surface area contributed by atoms with Gasteiger partial charge in [0.1, 0.15) is 0 Å². The summed E-state index contributed by atoms with van der Waals surface area (Å²) < 4.78 is 0. The first-order valence-electron chi connectivity index (χ1n) is 4.32. The third-order valence-corrected chi connectivity index (χ3v) is 1.61. The molecule has 0 N–H and O–H groups in total. The summed E-state index contributed by atoms with van der Waals surface area (Å²) in [4.78, 5) is 0. The van der Waals surface area contributed by atoms with E-state index in [1.807, 2.05) is 0 Å². The van der Waals surface area contributed by atoms with E-state index in [0.717, 1.165) is 25.7 Å². The van der Waals surface area contributed by atoms with Gasteiger partial charge in [-0.15, -0.1) is 0 Å². The zero-order valence-electron chi connectivity index (χ0n) is 7.39. The van der Waals surface area contributed by atoms with E-state index < -0.39 is 0 Å². The van der Waals surface area contributed by atoms with Gasteiger partial charge in [-0.2, -0.15) is 0 Å². The van der Waals surface area contributed by atoms with Crippen molar-refractivity contribution in [2.45, 2.75) is 52.6 Å². The molecule has 0 aromatic heterocycles. The molecule has 1 unspecified atom stereocenters. The molecule has 10 heavy (non-hydrogen) atoms. The maximum atomic E-state index is 11.1. The van der Waals surface area contributed by atoms with E-state index in [9.17, 15) is 5.11 Å². The van der Waals surface area contributed by atoms with E-state index in [4.69, 9.17) is 0 Å². The molecule has 0 heterocycles. The van der Waals surface area contributed by atoms with Crippen molar-refractivity contribution in [2.24, 2.45) is 5.92 Å². The van der Waals surface area contributed by atoms with E-state index >= 15 is 0 Å². The van der Waals surface area contributed by atoms with Crippen LogP contribution < -0.4 is 0 Å². The lowest BCUT2D eigenvalue weighted by atomic mass is 10.0.